The van der Waals surface area contributed by atoms with Crippen LogP contribution >= 0.6 is 23.2 Å². The number of benzene rings is 1. The SMILES string of the molecule is CCN(CC(N)=O)CC(=O)Nc1c(Cl)cccc1Cl. The molecule has 0 unspecified atom stereocenters. The van der Waals surface area contributed by atoms with E-state index in [2.05, 4.69) is 5.32 Å². The summed E-state index contributed by atoms with van der Waals surface area (Å²) < 4.78 is 0. The monoisotopic (exact) mass is 303 g/mol. The van der Waals surface area contributed by atoms with E-state index in [9.17, 15) is 9.59 Å². The highest BCUT2D eigenvalue weighted by Crippen LogP contribution is 2.29. The van der Waals surface area contributed by atoms with Crippen LogP contribution in [0.1, 0.15) is 6.92 Å². The molecule has 3 N–H and O–H groups in total. The van der Waals surface area contributed by atoms with Crippen LogP contribution in [0.4, 0.5) is 5.69 Å². The zero-order valence-electron chi connectivity index (χ0n) is 10.5. The van der Waals surface area contributed by atoms with Gasteiger partial charge in [0.1, 0.15) is 0 Å². The number of anilines is 1. The number of hydrogen-bond donors (Lipinski definition) is 2. The molecule has 0 spiro atoms. The minimum atomic E-state index is -0.481. The van der Waals surface area contributed by atoms with Crippen LogP contribution in [0.5, 0.6) is 0 Å². The van der Waals surface area contributed by atoms with Crippen molar-refractivity contribution in [2.75, 3.05) is 25.0 Å². The van der Waals surface area contributed by atoms with Gasteiger partial charge in [-0.1, -0.05) is 36.2 Å². The van der Waals surface area contributed by atoms with E-state index >= 15 is 0 Å². The number of carbonyl (C=O) groups is 2. The van der Waals surface area contributed by atoms with E-state index in [0.29, 0.717) is 22.3 Å². The quantitative estimate of drug-likeness (QED) is 0.840. The van der Waals surface area contributed by atoms with E-state index in [1.54, 1.807) is 23.1 Å². The van der Waals surface area contributed by atoms with Crippen LogP contribution in [-0.2, 0) is 9.59 Å². The Labute approximate surface area is 121 Å². The summed E-state index contributed by atoms with van der Waals surface area (Å²) in [5.41, 5.74) is 5.46. The van der Waals surface area contributed by atoms with Gasteiger partial charge in [-0.2, -0.15) is 0 Å². The van der Waals surface area contributed by atoms with Gasteiger partial charge in [-0.15, -0.1) is 0 Å². The summed E-state index contributed by atoms with van der Waals surface area (Å²) in [5.74, 6) is -0.788. The molecule has 2 amide bonds. The summed E-state index contributed by atoms with van der Waals surface area (Å²) in [6.45, 7) is 2.44. The molecule has 0 saturated carbocycles. The van der Waals surface area contributed by atoms with Crippen LogP contribution < -0.4 is 11.1 Å². The molecule has 0 atom stereocenters. The Hall–Kier alpha value is -1.30. The van der Waals surface area contributed by atoms with Crippen molar-refractivity contribution >= 4 is 40.7 Å². The smallest absolute Gasteiger partial charge is 0.238 e. The van der Waals surface area contributed by atoms with Crippen molar-refractivity contribution in [2.24, 2.45) is 5.73 Å². The maximum Gasteiger partial charge on any atom is 0.238 e. The first-order valence-electron chi connectivity index (χ1n) is 5.68. The fourth-order valence-electron chi connectivity index (χ4n) is 1.50. The third-order valence-electron chi connectivity index (χ3n) is 2.42. The second kappa shape index (κ2) is 7.33. The molecule has 1 rings (SSSR count). The van der Waals surface area contributed by atoms with E-state index in [1.807, 2.05) is 6.92 Å². The number of carbonyl (C=O) groups excluding carboxylic acids is 2. The minimum absolute atomic E-state index is 0.0280. The van der Waals surface area contributed by atoms with Crippen molar-refractivity contribution in [1.29, 1.82) is 0 Å². The molecule has 0 heterocycles. The number of nitrogens with one attached hydrogen (secondary N) is 1. The van der Waals surface area contributed by atoms with E-state index in [4.69, 9.17) is 28.9 Å². The summed E-state index contributed by atoms with van der Waals surface area (Å²) in [6.07, 6.45) is 0. The maximum atomic E-state index is 11.8. The molecule has 0 aliphatic carbocycles. The first-order valence-corrected chi connectivity index (χ1v) is 6.44. The highest BCUT2D eigenvalue weighted by molar-refractivity contribution is 6.39. The molecule has 104 valence electrons. The Morgan fingerprint density at radius 1 is 1.26 bits per heavy atom. The molecule has 0 fully saturated rings. The third-order valence-corrected chi connectivity index (χ3v) is 3.05. The highest BCUT2D eigenvalue weighted by atomic mass is 35.5. The van der Waals surface area contributed by atoms with Gasteiger partial charge < -0.3 is 11.1 Å². The van der Waals surface area contributed by atoms with Crippen molar-refractivity contribution in [3.05, 3.63) is 28.2 Å². The fraction of sp³-hybridized carbons (Fsp3) is 0.333. The molecule has 0 saturated heterocycles. The van der Waals surface area contributed by atoms with E-state index in [-0.39, 0.29) is 19.0 Å². The van der Waals surface area contributed by atoms with Crippen LogP contribution in [0.25, 0.3) is 0 Å². The van der Waals surface area contributed by atoms with Gasteiger partial charge in [-0.05, 0) is 18.7 Å². The molecule has 5 nitrogen and oxygen atoms in total. The first kappa shape index (κ1) is 15.8. The van der Waals surface area contributed by atoms with E-state index < -0.39 is 5.91 Å². The zero-order valence-corrected chi connectivity index (χ0v) is 12.0. The Balaban J connectivity index is 2.67. The number of nitrogens with zero attached hydrogens (tertiary/aromatic N) is 1. The first-order chi connectivity index (χ1) is 8.93. The maximum absolute atomic E-state index is 11.8. The van der Waals surface area contributed by atoms with Crippen molar-refractivity contribution in [2.45, 2.75) is 6.92 Å². The molecule has 19 heavy (non-hydrogen) atoms. The molecule has 0 aliphatic rings. The third kappa shape index (κ3) is 5.06. The lowest BCUT2D eigenvalue weighted by molar-refractivity contribution is -0.121. The van der Waals surface area contributed by atoms with Gasteiger partial charge in [0, 0.05) is 0 Å². The van der Waals surface area contributed by atoms with Crippen LogP contribution in [0, 0.1) is 0 Å². The second-order valence-electron chi connectivity index (χ2n) is 3.91. The lowest BCUT2D eigenvalue weighted by atomic mass is 10.3. The second-order valence-corrected chi connectivity index (χ2v) is 4.73. The number of amides is 2. The number of rotatable bonds is 6. The number of likely N-dealkylation sites (N-methyl/N-ethyl adjacent to an activating group) is 1. The summed E-state index contributed by atoms with van der Waals surface area (Å²) in [4.78, 5) is 24.3. The van der Waals surface area contributed by atoms with Crippen LogP contribution in [0.2, 0.25) is 10.0 Å². The van der Waals surface area contributed by atoms with Gasteiger partial charge >= 0.3 is 0 Å². The van der Waals surface area contributed by atoms with Gasteiger partial charge in [0.05, 0.1) is 28.8 Å². The summed E-state index contributed by atoms with van der Waals surface area (Å²) >= 11 is 11.9. The lowest BCUT2D eigenvalue weighted by Gasteiger charge is -2.18. The zero-order chi connectivity index (χ0) is 14.4. The van der Waals surface area contributed by atoms with Crippen molar-refractivity contribution < 1.29 is 9.59 Å². The number of hydrogen-bond acceptors (Lipinski definition) is 3. The highest BCUT2D eigenvalue weighted by Gasteiger charge is 2.14. The van der Waals surface area contributed by atoms with Gasteiger partial charge in [-0.25, -0.2) is 0 Å². The predicted molar refractivity (Wildman–Crippen MR) is 76.4 cm³/mol. The Bertz CT molecular complexity index is 460. The van der Waals surface area contributed by atoms with Crippen LogP contribution in [0.15, 0.2) is 18.2 Å². The van der Waals surface area contributed by atoms with E-state index in [0.717, 1.165) is 0 Å². The molecule has 0 aromatic heterocycles. The van der Waals surface area contributed by atoms with Gasteiger partial charge in [0.15, 0.2) is 0 Å². The number of primary amides is 1. The molecule has 0 aliphatic heterocycles. The predicted octanol–water partition coefficient (Wildman–Crippen LogP) is 1.74. The van der Waals surface area contributed by atoms with Gasteiger partial charge in [0.2, 0.25) is 11.8 Å². The number of halogens is 2. The van der Waals surface area contributed by atoms with Crippen molar-refractivity contribution in [1.82, 2.24) is 4.90 Å². The van der Waals surface area contributed by atoms with Crippen molar-refractivity contribution in [3.8, 4) is 0 Å². The molecule has 0 bridgehead atoms. The summed E-state index contributed by atoms with van der Waals surface area (Å²) in [7, 11) is 0. The van der Waals surface area contributed by atoms with Gasteiger partial charge in [0.25, 0.3) is 0 Å². The average molecular weight is 304 g/mol. The minimum Gasteiger partial charge on any atom is -0.369 e. The largest absolute Gasteiger partial charge is 0.369 e. The number of para-hydroxylation sites is 1. The topological polar surface area (TPSA) is 75.4 Å². The van der Waals surface area contributed by atoms with Crippen molar-refractivity contribution in [3.63, 3.8) is 0 Å². The fourth-order valence-corrected chi connectivity index (χ4v) is 1.99. The lowest BCUT2D eigenvalue weighted by Crippen LogP contribution is -2.39. The Morgan fingerprint density at radius 3 is 2.32 bits per heavy atom. The molecular formula is C12H15Cl2N3O2. The van der Waals surface area contributed by atoms with Crippen LogP contribution in [0.3, 0.4) is 0 Å². The average Bonchev–Trinajstić information content (AvgIpc) is 2.32. The van der Waals surface area contributed by atoms with Crippen LogP contribution in [-0.4, -0.2) is 36.3 Å². The normalized spacial score (nSPS) is 10.5. The number of nitrogens with two attached hydrogens (primary N) is 1. The molecule has 1 aromatic rings. The molecule has 7 heteroatoms. The van der Waals surface area contributed by atoms with Gasteiger partial charge in [-0.3, -0.25) is 14.5 Å². The van der Waals surface area contributed by atoms with E-state index in [1.165, 1.54) is 0 Å². The standard InChI is InChI=1S/C12H15Cl2N3O2/c1-2-17(6-10(15)18)7-11(19)16-12-8(13)4-3-5-9(12)14/h3-5H,2,6-7H2,1H3,(H2,15,18)(H,16,19). The summed E-state index contributed by atoms with van der Waals surface area (Å²) in [5, 5.41) is 3.34. The molecule has 0 radical (unpaired) electrons. The Morgan fingerprint density at radius 2 is 1.84 bits per heavy atom. The molecule has 1 aromatic carbocycles. The Kier molecular flexibility index (Phi) is 6.08. The molecular weight excluding hydrogens is 289 g/mol. The summed E-state index contributed by atoms with van der Waals surface area (Å²) in [6, 6.07) is 4.94.